The molecular formula is C13H12N2O4S. The Labute approximate surface area is 118 Å². The molecule has 2 aromatic rings. The first kappa shape index (κ1) is 12.9. The Morgan fingerprint density at radius 2 is 2.25 bits per heavy atom. The minimum absolute atomic E-state index is 0.217. The number of hydrogen-bond donors (Lipinski definition) is 2. The van der Waals surface area contributed by atoms with Gasteiger partial charge in [0.1, 0.15) is 11.2 Å². The van der Waals surface area contributed by atoms with Gasteiger partial charge in [-0.25, -0.2) is 9.78 Å². The van der Waals surface area contributed by atoms with Crippen molar-refractivity contribution < 1.29 is 19.1 Å². The highest BCUT2D eigenvalue weighted by molar-refractivity contribution is 7.13. The third kappa shape index (κ3) is 2.09. The van der Waals surface area contributed by atoms with E-state index in [0.29, 0.717) is 23.6 Å². The Morgan fingerprint density at radius 3 is 2.80 bits per heavy atom. The van der Waals surface area contributed by atoms with Gasteiger partial charge in [0.05, 0.1) is 6.26 Å². The van der Waals surface area contributed by atoms with E-state index in [0.717, 1.165) is 6.42 Å². The molecule has 2 N–H and O–H groups in total. The number of aromatic nitrogens is 1. The lowest BCUT2D eigenvalue weighted by molar-refractivity contribution is -0.148. The second kappa shape index (κ2) is 4.75. The molecule has 0 aliphatic heterocycles. The van der Waals surface area contributed by atoms with Crippen LogP contribution in [0, 0.1) is 0 Å². The Bertz CT molecular complexity index is 643. The Morgan fingerprint density at radius 1 is 1.45 bits per heavy atom. The number of hydrogen-bond acceptors (Lipinski definition) is 5. The number of nitrogens with one attached hydrogen (secondary N) is 1. The first-order chi connectivity index (χ1) is 9.61. The van der Waals surface area contributed by atoms with E-state index in [9.17, 15) is 14.7 Å². The van der Waals surface area contributed by atoms with Gasteiger partial charge in [0.2, 0.25) is 0 Å². The molecule has 7 heteroatoms. The summed E-state index contributed by atoms with van der Waals surface area (Å²) in [5.74, 6) is -0.856. The molecule has 0 radical (unpaired) electrons. The smallest absolute Gasteiger partial charge is 0.329 e. The highest BCUT2D eigenvalue weighted by Crippen LogP contribution is 2.32. The molecule has 20 heavy (non-hydrogen) atoms. The van der Waals surface area contributed by atoms with E-state index in [2.05, 4.69) is 10.3 Å². The summed E-state index contributed by atoms with van der Waals surface area (Å²) < 4.78 is 5.21. The molecular weight excluding hydrogens is 280 g/mol. The summed E-state index contributed by atoms with van der Waals surface area (Å²) >= 11 is 1.28. The second-order valence-corrected chi connectivity index (χ2v) is 5.57. The molecule has 3 rings (SSSR count). The van der Waals surface area contributed by atoms with E-state index in [1.165, 1.54) is 17.6 Å². The molecule has 2 aromatic heterocycles. The van der Waals surface area contributed by atoms with E-state index in [1.54, 1.807) is 17.5 Å². The lowest BCUT2D eigenvalue weighted by atomic mass is 9.76. The van der Waals surface area contributed by atoms with Crippen LogP contribution in [-0.4, -0.2) is 27.5 Å². The molecule has 0 saturated heterocycles. The summed E-state index contributed by atoms with van der Waals surface area (Å²) in [7, 11) is 0. The van der Waals surface area contributed by atoms with Gasteiger partial charge < -0.3 is 14.8 Å². The molecule has 0 unspecified atom stereocenters. The first-order valence-electron chi connectivity index (χ1n) is 6.16. The molecule has 2 heterocycles. The number of nitrogens with zero attached hydrogens (tertiary/aromatic N) is 1. The summed E-state index contributed by atoms with van der Waals surface area (Å²) in [5, 5.41) is 14.0. The largest absolute Gasteiger partial charge is 0.480 e. The van der Waals surface area contributed by atoms with Gasteiger partial charge in [-0.1, -0.05) is 0 Å². The minimum atomic E-state index is -1.12. The van der Waals surface area contributed by atoms with Crippen molar-refractivity contribution >= 4 is 23.2 Å². The summed E-state index contributed by atoms with van der Waals surface area (Å²) in [6.45, 7) is 0. The van der Waals surface area contributed by atoms with Crippen LogP contribution in [0.5, 0.6) is 0 Å². The normalized spacial score (nSPS) is 16.4. The van der Waals surface area contributed by atoms with Gasteiger partial charge >= 0.3 is 5.97 Å². The highest BCUT2D eigenvalue weighted by Gasteiger charge is 2.46. The SMILES string of the molecule is O=C(NC1(C(=O)O)CCC1)c1csc(-c2ccco2)n1. The van der Waals surface area contributed by atoms with Crippen LogP contribution >= 0.6 is 11.3 Å². The fourth-order valence-corrected chi connectivity index (χ4v) is 2.86. The van der Waals surface area contributed by atoms with Crippen LogP contribution in [-0.2, 0) is 4.79 Å². The zero-order chi connectivity index (χ0) is 14.2. The van der Waals surface area contributed by atoms with Crippen LogP contribution in [0.25, 0.3) is 10.8 Å². The van der Waals surface area contributed by atoms with Crippen molar-refractivity contribution in [2.75, 3.05) is 0 Å². The number of rotatable bonds is 4. The van der Waals surface area contributed by atoms with E-state index in [-0.39, 0.29) is 5.69 Å². The number of carboxylic acids is 1. The summed E-state index contributed by atoms with van der Waals surface area (Å²) in [4.78, 5) is 27.5. The third-order valence-electron chi connectivity index (χ3n) is 3.44. The Hall–Kier alpha value is -2.15. The van der Waals surface area contributed by atoms with Crippen molar-refractivity contribution in [3.8, 4) is 10.8 Å². The van der Waals surface area contributed by atoms with Crippen molar-refractivity contribution in [2.45, 2.75) is 24.8 Å². The molecule has 0 spiro atoms. The first-order valence-corrected chi connectivity index (χ1v) is 7.04. The average Bonchev–Trinajstić information content (AvgIpc) is 3.01. The molecule has 0 bridgehead atoms. The van der Waals surface area contributed by atoms with Crippen LogP contribution < -0.4 is 5.32 Å². The maximum absolute atomic E-state index is 12.1. The molecule has 6 nitrogen and oxygen atoms in total. The van der Waals surface area contributed by atoms with Gasteiger partial charge in [0, 0.05) is 5.38 Å². The molecule has 104 valence electrons. The molecule has 0 atom stereocenters. The summed E-state index contributed by atoms with van der Waals surface area (Å²) in [5.41, 5.74) is -0.903. The molecule has 1 fully saturated rings. The number of furan rings is 1. The van der Waals surface area contributed by atoms with E-state index < -0.39 is 17.4 Å². The van der Waals surface area contributed by atoms with Gasteiger partial charge in [0.15, 0.2) is 10.8 Å². The van der Waals surface area contributed by atoms with Gasteiger partial charge in [-0.2, -0.15) is 0 Å². The lowest BCUT2D eigenvalue weighted by Gasteiger charge is -2.37. The van der Waals surface area contributed by atoms with Gasteiger partial charge in [-0.15, -0.1) is 11.3 Å². The summed E-state index contributed by atoms with van der Waals surface area (Å²) in [6, 6.07) is 3.50. The Balaban J connectivity index is 1.76. The maximum Gasteiger partial charge on any atom is 0.329 e. The number of aliphatic carboxylic acids is 1. The molecule has 1 saturated carbocycles. The van der Waals surface area contributed by atoms with Crippen molar-refractivity contribution in [2.24, 2.45) is 0 Å². The fraction of sp³-hybridized carbons (Fsp3) is 0.308. The second-order valence-electron chi connectivity index (χ2n) is 4.71. The lowest BCUT2D eigenvalue weighted by Crippen LogP contribution is -2.59. The minimum Gasteiger partial charge on any atom is -0.480 e. The zero-order valence-electron chi connectivity index (χ0n) is 10.5. The molecule has 1 aliphatic rings. The number of carbonyl (C=O) groups excluding carboxylic acids is 1. The van der Waals surface area contributed by atoms with E-state index in [4.69, 9.17) is 4.42 Å². The van der Waals surface area contributed by atoms with Crippen LogP contribution in [0.2, 0.25) is 0 Å². The third-order valence-corrected chi connectivity index (χ3v) is 4.29. The van der Waals surface area contributed by atoms with Crippen molar-refractivity contribution in [3.05, 3.63) is 29.5 Å². The predicted octanol–water partition coefficient (Wildman–Crippen LogP) is 2.14. The molecule has 1 amide bonds. The number of carbonyl (C=O) groups is 2. The van der Waals surface area contributed by atoms with Crippen molar-refractivity contribution in [1.29, 1.82) is 0 Å². The van der Waals surface area contributed by atoms with Crippen molar-refractivity contribution in [3.63, 3.8) is 0 Å². The standard InChI is InChI=1S/C13H12N2O4S/c16-10(15-13(12(17)18)4-2-5-13)8-7-20-11(14-8)9-3-1-6-19-9/h1,3,6-7H,2,4-5H2,(H,15,16)(H,17,18). The zero-order valence-corrected chi connectivity index (χ0v) is 11.3. The number of amides is 1. The van der Waals surface area contributed by atoms with E-state index in [1.807, 2.05) is 0 Å². The number of thiazole rings is 1. The van der Waals surface area contributed by atoms with E-state index >= 15 is 0 Å². The molecule has 1 aliphatic carbocycles. The van der Waals surface area contributed by atoms with Crippen molar-refractivity contribution in [1.82, 2.24) is 10.3 Å². The van der Waals surface area contributed by atoms with Gasteiger partial charge in [-0.05, 0) is 31.4 Å². The Kier molecular flexibility index (Phi) is 3.06. The quantitative estimate of drug-likeness (QED) is 0.900. The topological polar surface area (TPSA) is 92.4 Å². The summed E-state index contributed by atoms with van der Waals surface area (Å²) in [6.07, 6.45) is 3.26. The monoisotopic (exact) mass is 292 g/mol. The van der Waals surface area contributed by atoms with Crippen LogP contribution in [0.1, 0.15) is 29.8 Å². The van der Waals surface area contributed by atoms with Gasteiger partial charge in [-0.3, -0.25) is 4.79 Å². The fourth-order valence-electron chi connectivity index (χ4n) is 2.10. The number of carboxylic acid groups (broad SMARTS) is 1. The van der Waals surface area contributed by atoms with Gasteiger partial charge in [0.25, 0.3) is 5.91 Å². The highest BCUT2D eigenvalue weighted by atomic mass is 32.1. The van der Waals surface area contributed by atoms with Crippen LogP contribution in [0.3, 0.4) is 0 Å². The van der Waals surface area contributed by atoms with Crippen LogP contribution in [0.15, 0.2) is 28.2 Å². The predicted molar refractivity (Wildman–Crippen MR) is 71.5 cm³/mol. The molecule has 0 aromatic carbocycles. The maximum atomic E-state index is 12.1. The van der Waals surface area contributed by atoms with Crippen LogP contribution in [0.4, 0.5) is 0 Å². The average molecular weight is 292 g/mol.